The van der Waals surface area contributed by atoms with Crippen LogP contribution >= 0.6 is 0 Å². The summed E-state index contributed by atoms with van der Waals surface area (Å²) in [4.78, 5) is 11.2. The molecule has 1 unspecified atom stereocenters. The number of benzene rings is 1. The highest BCUT2D eigenvalue weighted by Crippen LogP contribution is 2.40. The minimum Gasteiger partial charge on any atom is -0.507 e. The number of aromatic hydroxyl groups is 1. The van der Waals surface area contributed by atoms with E-state index in [4.69, 9.17) is 0 Å². The standard InChI is InChI=1S/C21H33NO2/c1-13(14(2)22-15(3)23)10-16-11-17(20(4,5)6)19(24)18(12-16)21(7,8)9/h11-13,24H,2,10H2,1,3-9H3,(H,22,23). The van der Waals surface area contributed by atoms with Gasteiger partial charge in [-0.15, -0.1) is 0 Å². The van der Waals surface area contributed by atoms with E-state index in [0.29, 0.717) is 5.75 Å². The average Bonchev–Trinajstić information content (AvgIpc) is 2.36. The van der Waals surface area contributed by atoms with Crippen molar-refractivity contribution in [3.63, 3.8) is 0 Å². The smallest absolute Gasteiger partial charge is 0.220 e. The first-order valence-corrected chi connectivity index (χ1v) is 8.56. The van der Waals surface area contributed by atoms with E-state index in [2.05, 4.69) is 72.5 Å². The van der Waals surface area contributed by atoms with Crippen LogP contribution in [0.15, 0.2) is 24.4 Å². The van der Waals surface area contributed by atoms with Gasteiger partial charge < -0.3 is 10.4 Å². The third kappa shape index (κ3) is 5.12. The Morgan fingerprint density at radius 1 is 1.12 bits per heavy atom. The van der Waals surface area contributed by atoms with Crippen LogP contribution in [0.3, 0.4) is 0 Å². The van der Waals surface area contributed by atoms with Gasteiger partial charge in [0.1, 0.15) is 5.75 Å². The monoisotopic (exact) mass is 331 g/mol. The quantitative estimate of drug-likeness (QED) is 0.831. The summed E-state index contributed by atoms with van der Waals surface area (Å²) in [6.45, 7) is 20.2. The molecule has 0 bridgehead atoms. The molecule has 0 aliphatic heterocycles. The molecule has 134 valence electrons. The maximum atomic E-state index is 11.2. The lowest BCUT2D eigenvalue weighted by Gasteiger charge is -2.29. The van der Waals surface area contributed by atoms with Crippen molar-refractivity contribution >= 4 is 5.91 Å². The molecule has 0 radical (unpaired) electrons. The molecule has 0 aliphatic carbocycles. The van der Waals surface area contributed by atoms with E-state index in [-0.39, 0.29) is 22.7 Å². The fourth-order valence-electron chi connectivity index (χ4n) is 2.78. The Kier molecular flexibility index (Phi) is 5.91. The van der Waals surface area contributed by atoms with Crippen LogP contribution in [0.4, 0.5) is 0 Å². The number of nitrogens with one attached hydrogen (secondary N) is 1. The van der Waals surface area contributed by atoms with E-state index in [0.717, 1.165) is 28.8 Å². The van der Waals surface area contributed by atoms with Gasteiger partial charge >= 0.3 is 0 Å². The van der Waals surface area contributed by atoms with E-state index < -0.39 is 0 Å². The molecule has 2 N–H and O–H groups in total. The lowest BCUT2D eigenvalue weighted by atomic mass is 9.77. The Bertz CT molecular complexity index is 595. The molecule has 0 saturated carbocycles. The van der Waals surface area contributed by atoms with Crippen molar-refractivity contribution in [2.75, 3.05) is 0 Å². The zero-order chi connectivity index (χ0) is 18.9. The molecule has 0 saturated heterocycles. The molecular formula is C21H33NO2. The normalized spacial score (nSPS) is 13.5. The Hall–Kier alpha value is -1.77. The summed E-state index contributed by atoms with van der Waals surface area (Å²) < 4.78 is 0. The van der Waals surface area contributed by atoms with Crippen LogP contribution in [0.5, 0.6) is 5.75 Å². The molecule has 24 heavy (non-hydrogen) atoms. The predicted octanol–water partition coefficient (Wildman–Crippen LogP) is 4.82. The van der Waals surface area contributed by atoms with Gasteiger partial charge in [-0.2, -0.15) is 0 Å². The van der Waals surface area contributed by atoms with Crippen LogP contribution in [-0.2, 0) is 22.0 Å². The number of amides is 1. The van der Waals surface area contributed by atoms with Crippen LogP contribution in [0, 0.1) is 5.92 Å². The van der Waals surface area contributed by atoms with Gasteiger partial charge in [0.05, 0.1) is 0 Å². The summed E-state index contributed by atoms with van der Waals surface area (Å²) in [5.41, 5.74) is 3.52. The summed E-state index contributed by atoms with van der Waals surface area (Å²) in [5, 5.41) is 13.6. The fourth-order valence-corrected chi connectivity index (χ4v) is 2.78. The molecule has 3 heteroatoms. The first-order chi connectivity index (χ1) is 10.7. The minimum atomic E-state index is -0.141. The highest BCUT2D eigenvalue weighted by Gasteiger charge is 2.26. The lowest BCUT2D eigenvalue weighted by molar-refractivity contribution is -0.118. The minimum absolute atomic E-state index is 0.0942. The zero-order valence-corrected chi connectivity index (χ0v) is 16.5. The van der Waals surface area contributed by atoms with Gasteiger partial charge in [0.25, 0.3) is 0 Å². The molecule has 1 atom stereocenters. The summed E-state index contributed by atoms with van der Waals surface area (Å²) in [5.74, 6) is 0.425. The van der Waals surface area contributed by atoms with E-state index in [9.17, 15) is 9.90 Å². The number of allylic oxidation sites excluding steroid dienone is 1. The lowest BCUT2D eigenvalue weighted by Crippen LogP contribution is -2.24. The Morgan fingerprint density at radius 2 is 1.54 bits per heavy atom. The Balaban J connectivity index is 3.29. The van der Waals surface area contributed by atoms with Crippen molar-refractivity contribution in [3.05, 3.63) is 41.1 Å². The van der Waals surface area contributed by atoms with Crippen LogP contribution < -0.4 is 5.32 Å². The van der Waals surface area contributed by atoms with Crippen molar-refractivity contribution in [2.45, 2.75) is 72.6 Å². The average molecular weight is 332 g/mol. The Morgan fingerprint density at radius 3 is 1.88 bits per heavy atom. The number of carbonyl (C=O) groups is 1. The molecule has 0 spiro atoms. The molecule has 1 aromatic rings. The van der Waals surface area contributed by atoms with E-state index in [1.165, 1.54) is 6.92 Å². The molecule has 1 aromatic carbocycles. The maximum absolute atomic E-state index is 11.2. The second-order valence-electron chi connectivity index (χ2n) is 8.85. The number of rotatable bonds is 4. The second kappa shape index (κ2) is 7.00. The SMILES string of the molecule is C=C(NC(C)=O)C(C)Cc1cc(C(C)(C)C)c(O)c(C(C)(C)C)c1. The molecule has 1 rings (SSSR count). The number of hydrogen-bond acceptors (Lipinski definition) is 2. The number of hydrogen-bond donors (Lipinski definition) is 2. The Labute approximate surface area is 147 Å². The molecule has 0 heterocycles. The van der Waals surface area contributed by atoms with Gasteiger partial charge in [-0.1, -0.05) is 67.2 Å². The summed E-state index contributed by atoms with van der Waals surface area (Å²) in [6, 6.07) is 4.17. The number of phenolic OH excluding ortho intramolecular Hbond substituents is 1. The molecule has 0 aromatic heterocycles. The summed E-state index contributed by atoms with van der Waals surface area (Å²) in [6.07, 6.45) is 0.769. The van der Waals surface area contributed by atoms with E-state index in [1.807, 2.05) is 0 Å². The number of phenols is 1. The van der Waals surface area contributed by atoms with Crippen LogP contribution in [0.1, 0.15) is 72.1 Å². The van der Waals surface area contributed by atoms with Crippen molar-refractivity contribution in [3.8, 4) is 5.75 Å². The van der Waals surface area contributed by atoms with Gasteiger partial charge in [0.2, 0.25) is 5.91 Å². The zero-order valence-electron chi connectivity index (χ0n) is 16.5. The summed E-state index contributed by atoms with van der Waals surface area (Å²) >= 11 is 0. The molecular weight excluding hydrogens is 298 g/mol. The van der Waals surface area contributed by atoms with Crippen molar-refractivity contribution in [1.29, 1.82) is 0 Å². The van der Waals surface area contributed by atoms with Crippen molar-refractivity contribution in [1.82, 2.24) is 5.32 Å². The van der Waals surface area contributed by atoms with Crippen LogP contribution in [0.2, 0.25) is 0 Å². The largest absolute Gasteiger partial charge is 0.507 e. The van der Waals surface area contributed by atoms with Crippen molar-refractivity contribution < 1.29 is 9.90 Å². The molecule has 0 aliphatic rings. The van der Waals surface area contributed by atoms with E-state index >= 15 is 0 Å². The molecule has 0 fully saturated rings. The molecule has 1 amide bonds. The van der Waals surface area contributed by atoms with Gasteiger partial charge in [-0.05, 0) is 39.9 Å². The second-order valence-corrected chi connectivity index (χ2v) is 8.85. The predicted molar refractivity (Wildman–Crippen MR) is 101 cm³/mol. The highest BCUT2D eigenvalue weighted by atomic mass is 16.3. The van der Waals surface area contributed by atoms with Crippen LogP contribution in [0.25, 0.3) is 0 Å². The fraction of sp³-hybridized carbons (Fsp3) is 0.571. The first kappa shape index (κ1) is 20.3. The molecule has 3 nitrogen and oxygen atoms in total. The topological polar surface area (TPSA) is 49.3 Å². The summed E-state index contributed by atoms with van der Waals surface area (Å²) in [7, 11) is 0. The van der Waals surface area contributed by atoms with Gasteiger partial charge in [0.15, 0.2) is 0 Å². The van der Waals surface area contributed by atoms with Gasteiger partial charge in [0, 0.05) is 12.6 Å². The third-order valence-electron chi connectivity index (χ3n) is 4.26. The maximum Gasteiger partial charge on any atom is 0.220 e. The van der Waals surface area contributed by atoms with Crippen LogP contribution in [-0.4, -0.2) is 11.0 Å². The number of carbonyl (C=O) groups excluding carboxylic acids is 1. The van der Waals surface area contributed by atoms with Gasteiger partial charge in [-0.25, -0.2) is 0 Å². The van der Waals surface area contributed by atoms with Crippen molar-refractivity contribution in [2.24, 2.45) is 5.92 Å². The van der Waals surface area contributed by atoms with Gasteiger partial charge in [-0.3, -0.25) is 4.79 Å². The van der Waals surface area contributed by atoms with E-state index in [1.54, 1.807) is 0 Å². The third-order valence-corrected chi connectivity index (χ3v) is 4.26. The first-order valence-electron chi connectivity index (χ1n) is 8.56. The highest BCUT2D eigenvalue weighted by molar-refractivity contribution is 5.74.